The van der Waals surface area contributed by atoms with E-state index in [-0.39, 0.29) is 36.4 Å². The Balaban J connectivity index is 0.00000338. The topological polar surface area (TPSA) is 66.0 Å². The molecule has 0 aromatic rings. The van der Waals surface area contributed by atoms with E-state index in [9.17, 15) is 4.79 Å². The second-order valence-corrected chi connectivity index (χ2v) is 7.95. The van der Waals surface area contributed by atoms with Gasteiger partial charge in [-0.15, -0.1) is 24.0 Å². The number of rotatable bonds is 5. The summed E-state index contributed by atoms with van der Waals surface area (Å²) in [5, 5.41) is 7.14. The van der Waals surface area contributed by atoms with Crippen LogP contribution in [0.15, 0.2) is 4.99 Å². The number of hydrogen-bond acceptors (Lipinski definition) is 3. The summed E-state index contributed by atoms with van der Waals surface area (Å²) in [4.78, 5) is 18.1. The van der Waals surface area contributed by atoms with E-state index in [0.717, 1.165) is 25.4 Å². The third-order valence-corrected chi connectivity index (χ3v) is 5.22. The second kappa shape index (κ2) is 12.0. The second-order valence-electron chi connectivity index (χ2n) is 7.95. The number of nitrogens with one attached hydrogen (secondary N) is 2. The SMILES string of the molecule is CC(C)C1CC(NC(=NCC(=O)N(C)C)NC2CCCCC2)CCO1.I. The Morgan fingerprint density at radius 1 is 1.12 bits per heavy atom. The van der Waals surface area contributed by atoms with Crippen molar-refractivity contribution in [3.63, 3.8) is 0 Å². The van der Waals surface area contributed by atoms with Gasteiger partial charge >= 0.3 is 0 Å². The maximum Gasteiger partial charge on any atom is 0.243 e. The van der Waals surface area contributed by atoms with Crippen molar-refractivity contribution in [2.24, 2.45) is 10.9 Å². The number of nitrogens with zero attached hydrogens (tertiary/aromatic N) is 2. The van der Waals surface area contributed by atoms with Crippen molar-refractivity contribution in [2.45, 2.75) is 77.0 Å². The normalized spacial score (nSPS) is 24.7. The smallest absolute Gasteiger partial charge is 0.243 e. The van der Waals surface area contributed by atoms with E-state index < -0.39 is 0 Å². The fraction of sp³-hybridized carbons (Fsp3) is 0.895. The molecule has 2 aliphatic rings. The minimum Gasteiger partial charge on any atom is -0.378 e. The molecule has 0 aromatic heterocycles. The minimum atomic E-state index is 0. The van der Waals surface area contributed by atoms with Crippen LogP contribution in [-0.2, 0) is 9.53 Å². The maximum atomic E-state index is 11.9. The van der Waals surface area contributed by atoms with Crippen LogP contribution in [0.3, 0.4) is 0 Å². The first-order valence-electron chi connectivity index (χ1n) is 9.85. The summed E-state index contributed by atoms with van der Waals surface area (Å²) in [6, 6.07) is 0.820. The molecule has 0 aromatic carbocycles. The van der Waals surface area contributed by atoms with Crippen molar-refractivity contribution in [2.75, 3.05) is 27.2 Å². The molecule has 1 saturated heterocycles. The summed E-state index contributed by atoms with van der Waals surface area (Å²) in [5.74, 6) is 1.33. The predicted molar refractivity (Wildman–Crippen MR) is 117 cm³/mol. The van der Waals surface area contributed by atoms with E-state index in [1.54, 1.807) is 19.0 Å². The lowest BCUT2D eigenvalue weighted by molar-refractivity contribution is -0.127. The zero-order chi connectivity index (χ0) is 18.2. The molecule has 0 bridgehead atoms. The Morgan fingerprint density at radius 2 is 1.77 bits per heavy atom. The van der Waals surface area contributed by atoms with Crippen LogP contribution in [0.25, 0.3) is 0 Å². The molecule has 2 unspecified atom stereocenters. The quantitative estimate of drug-likeness (QED) is 0.361. The highest BCUT2D eigenvalue weighted by Crippen LogP contribution is 2.21. The Labute approximate surface area is 175 Å². The van der Waals surface area contributed by atoms with Gasteiger partial charge in [0.05, 0.1) is 6.10 Å². The van der Waals surface area contributed by atoms with E-state index >= 15 is 0 Å². The van der Waals surface area contributed by atoms with E-state index in [1.165, 1.54) is 32.1 Å². The van der Waals surface area contributed by atoms with E-state index in [0.29, 0.717) is 24.1 Å². The molecule has 1 amide bonds. The van der Waals surface area contributed by atoms with E-state index in [1.807, 2.05) is 0 Å². The number of carbonyl (C=O) groups is 1. The Morgan fingerprint density at radius 3 is 2.38 bits per heavy atom. The average molecular weight is 480 g/mol. The van der Waals surface area contributed by atoms with Crippen molar-refractivity contribution in [3.8, 4) is 0 Å². The number of likely N-dealkylation sites (N-methyl/N-ethyl adjacent to an activating group) is 1. The van der Waals surface area contributed by atoms with Crippen LogP contribution in [0.1, 0.15) is 58.8 Å². The highest BCUT2D eigenvalue weighted by atomic mass is 127. The van der Waals surface area contributed by atoms with Gasteiger partial charge in [0.1, 0.15) is 6.54 Å². The summed E-state index contributed by atoms with van der Waals surface area (Å²) < 4.78 is 5.87. The number of hydrogen-bond donors (Lipinski definition) is 2. The van der Waals surface area contributed by atoms with Crippen molar-refractivity contribution in [1.29, 1.82) is 0 Å². The molecule has 0 spiro atoms. The highest BCUT2D eigenvalue weighted by molar-refractivity contribution is 14.0. The number of ether oxygens (including phenoxy) is 1. The lowest BCUT2D eigenvalue weighted by Crippen LogP contribution is -2.51. The molecule has 2 rings (SSSR count). The van der Waals surface area contributed by atoms with Crippen molar-refractivity contribution < 1.29 is 9.53 Å². The van der Waals surface area contributed by atoms with Crippen molar-refractivity contribution in [1.82, 2.24) is 15.5 Å². The number of aliphatic imine (C=N–C) groups is 1. The van der Waals surface area contributed by atoms with Crippen molar-refractivity contribution in [3.05, 3.63) is 0 Å². The monoisotopic (exact) mass is 480 g/mol. The van der Waals surface area contributed by atoms with Gasteiger partial charge in [-0.25, -0.2) is 4.99 Å². The van der Waals surface area contributed by atoms with Crippen LogP contribution in [0.4, 0.5) is 0 Å². The third-order valence-electron chi connectivity index (χ3n) is 5.22. The molecule has 152 valence electrons. The average Bonchev–Trinajstić information content (AvgIpc) is 2.60. The molecule has 1 heterocycles. The minimum absolute atomic E-state index is 0. The molecule has 1 aliphatic carbocycles. The molecular formula is C19H37IN4O2. The molecular weight excluding hydrogens is 443 g/mol. The molecule has 2 N–H and O–H groups in total. The van der Waals surface area contributed by atoms with Gasteiger partial charge in [-0.1, -0.05) is 33.1 Å². The summed E-state index contributed by atoms with van der Waals surface area (Å²) >= 11 is 0. The van der Waals surface area contributed by atoms with Crippen LogP contribution in [0.5, 0.6) is 0 Å². The summed E-state index contributed by atoms with van der Waals surface area (Å²) in [7, 11) is 3.54. The summed E-state index contributed by atoms with van der Waals surface area (Å²) in [5.41, 5.74) is 0. The zero-order valence-electron chi connectivity index (χ0n) is 16.8. The molecule has 1 saturated carbocycles. The van der Waals surface area contributed by atoms with Gasteiger partial charge in [-0.2, -0.15) is 0 Å². The molecule has 2 atom stereocenters. The van der Waals surface area contributed by atoms with Gasteiger partial charge in [-0.05, 0) is 31.6 Å². The molecule has 1 aliphatic heterocycles. The van der Waals surface area contributed by atoms with E-state index in [2.05, 4.69) is 29.5 Å². The van der Waals surface area contributed by atoms with E-state index in [4.69, 9.17) is 4.74 Å². The third kappa shape index (κ3) is 7.98. The number of halogens is 1. The van der Waals surface area contributed by atoms with Gasteiger partial charge in [0.2, 0.25) is 5.91 Å². The van der Waals surface area contributed by atoms with Gasteiger partial charge in [-0.3, -0.25) is 4.79 Å². The molecule has 7 heteroatoms. The lowest BCUT2D eigenvalue weighted by atomic mass is 9.95. The van der Waals surface area contributed by atoms with Gasteiger partial charge in [0.25, 0.3) is 0 Å². The molecule has 2 fully saturated rings. The first-order chi connectivity index (χ1) is 12.0. The van der Waals surface area contributed by atoms with Crippen LogP contribution < -0.4 is 10.6 Å². The standard InChI is InChI=1S/C19H36N4O2.HI/c1-14(2)17-12-16(10-11-25-17)22-19(20-13-18(24)23(3)4)21-15-8-6-5-7-9-15;/h14-17H,5-13H2,1-4H3,(H2,20,21,22);1H. The Kier molecular flexibility index (Phi) is 10.8. The summed E-state index contributed by atoms with van der Waals surface area (Å²) in [6.45, 7) is 5.38. The fourth-order valence-electron chi connectivity index (χ4n) is 3.48. The molecule has 26 heavy (non-hydrogen) atoms. The Hall–Kier alpha value is -0.570. The molecule has 6 nitrogen and oxygen atoms in total. The number of amides is 1. The van der Waals surface area contributed by atoms with Crippen LogP contribution in [-0.4, -0.2) is 62.2 Å². The predicted octanol–water partition coefficient (Wildman–Crippen LogP) is 2.76. The Bertz CT molecular complexity index is 451. The van der Waals surface area contributed by atoms with Gasteiger partial charge < -0.3 is 20.3 Å². The largest absolute Gasteiger partial charge is 0.378 e. The van der Waals surface area contributed by atoms with Crippen molar-refractivity contribution >= 4 is 35.8 Å². The van der Waals surface area contributed by atoms with Crippen LogP contribution in [0.2, 0.25) is 0 Å². The maximum absolute atomic E-state index is 11.9. The fourth-order valence-corrected chi connectivity index (χ4v) is 3.48. The first-order valence-corrected chi connectivity index (χ1v) is 9.85. The molecule has 0 radical (unpaired) electrons. The van der Waals surface area contributed by atoms with Crippen LogP contribution in [0, 0.1) is 5.92 Å². The zero-order valence-corrected chi connectivity index (χ0v) is 19.1. The lowest BCUT2D eigenvalue weighted by Gasteiger charge is -2.34. The number of carbonyl (C=O) groups excluding carboxylic acids is 1. The van der Waals surface area contributed by atoms with Gasteiger partial charge in [0.15, 0.2) is 5.96 Å². The first kappa shape index (κ1) is 23.5. The van der Waals surface area contributed by atoms with Gasteiger partial charge in [0, 0.05) is 32.8 Å². The highest BCUT2D eigenvalue weighted by Gasteiger charge is 2.26. The summed E-state index contributed by atoms with van der Waals surface area (Å²) in [6.07, 6.45) is 8.51. The number of guanidine groups is 1. The van der Waals surface area contributed by atoms with Crippen LogP contribution >= 0.6 is 24.0 Å².